The molecular weight excluding hydrogens is 314 g/mol. The highest BCUT2D eigenvalue weighted by atomic mass is 16.2. The smallest absolute Gasteiger partial charge is 0.315 e. The highest BCUT2D eigenvalue weighted by molar-refractivity contribution is 5.76. The second-order valence-corrected chi connectivity index (χ2v) is 6.13. The lowest BCUT2D eigenvalue weighted by molar-refractivity contribution is 0.551. The van der Waals surface area contributed by atoms with E-state index in [1.807, 2.05) is 6.07 Å². The zero-order valence-electron chi connectivity index (χ0n) is 14.2. The van der Waals surface area contributed by atoms with Crippen molar-refractivity contribution in [3.8, 4) is 0 Å². The van der Waals surface area contributed by atoms with Crippen LogP contribution in [0.1, 0.15) is 18.4 Å². The molecule has 0 saturated carbocycles. The number of unbranched alkanes of at least 4 members (excludes halogenated alkanes) is 1. The maximum atomic E-state index is 12.4. The summed E-state index contributed by atoms with van der Waals surface area (Å²) >= 11 is 0. The molecule has 5 nitrogen and oxygen atoms in total. The molecule has 0 atom stereocenters. The van der Waals surface area contributed by atoms with Gasteiger partial charge in [0.05, 0.1) is 10.9 Å². The first-order chi connectivity index (χ1) is 12.3. The van der Waals surface area contributed by atoms with Gasteiger partial charge in [-0.15, -0.1) is 0 Å². The minimum atomic E-state index is -0.352. The van der Waals surface area contributed by atoms with Gasteiger partial charge in [0.15, 0.2) is 0 Å². The van der Waals surface area contributed by atoms with Crippen LogP contribution >= 0.6 is 0 Å². The van der Waals surface area contributed by atoms with Gasteiger partial charge in [0, 0.05) is 13.1 Å². The highest BCUT2D eigenvalue weighted by Gasteiger charge is 2.06. The number of nitrogens with one attached hydrogen (secondary N) is 2. The second kappa shape index (κ2) is 8.44. The lowest BCUT2D eigenvalue weighted by atomic mass is 10.1. The van der Waals surface area contributed by atoms with Crippen molar-refractivity contribution >= 4 is 10.9 Å². The number of rotatable bonds is 8. The van der Waals surface area contributed by atoms with Crippen LogP contribution in [0.2, 0.25) is 0 Å². The Hall–Kier alpha value is -2.66. The van der Waals surface area contributed by atoms with Crippen LogP contribution in [0.15, 0.2) is 64.2 Å². The van der Waals surface area contributed by atoms with E-state index in [1.54, 1.807) is 24.3 Å². The number of aryl methyl sites for hydroxylation is 1. The number of hydrogen-bond donors (Lipinski definition) is 2. The average Bonchev–Trinajstić information content (AvgIpc) is 2.64. The van der Waals surface area contributed by atoms with Crippen LogP contribution in [0.5, 0.6) is 0 Å². The predicted molar refractivity (Wildman–Crippen MR) is 101 cm³/mol. The third kappa shape index (κ3) is 4.45. The number of hydrogen-bond acceptors (Lipinski definition) is 3. The van der Waals surface area contributed by atoms with Crippen molar-refractivity contribution in [1.82, 2.24) is 14.9 Å². The first-order valence-electron chi connectivity index (χ1n) is 8.72. The molecule has 0 spiro atoms. The quantitative estimate of drug-likeness (QED) is 0.620. The van der Waals surface area contributed by atoms with Crippen LogP contribution in [0.4, 0.5) is 0 Å². The number of para-hydroxylation sites is 1. The summed E-state index contributed by atoms with van der Waals surface area (Å²) in [5.41, 5.74) is 1.36. The molecule has 0 aliphatic rings. The normalized spacial score (nSPS) is 11.0. The van der Waals surface area contributed by atoms with E-state index in [2.05, 4.69) is 34.6 Å². The zero-order valence-corrected chi connectivity index (χ0v) is 14.2. The maximum Gasteiger partial charge on any atom is 0.328 e. The van der Waals surface area contributed by atoms with Gasteiger partial charge in [0.2, 0.25) is 0 Å². The monoisotopic (exact) mass is 337 g/mol. The molecule has 5 heteroatoms. The number of benzene rings is 2. The van der Waals surface area contributed by atoms with Gasteiger partial charge in [0.1, 0.15) is 0 Å². The first-order valence-corrected chi connectivity index (χ1v) is 8.72. The van der Waals surface area contributed by atoms with Crippen molar-refractivity contribution in [3.63, 3.8) is 0 Å². The molecule has 0 unspecified atom stereocenters. The molecule has 0 aliphatic heterocycles. The van der Waals surface area contributed by atoms with Crippen LogP contribution in [0, 0.1) is 0 Å². The van der Waals surface area contributed by atoms with Crippen LogP contribution in [-0.2, 0) is 13.0 Å². The molecule has 0 bridgehead atoms. The molecule has 2 N–H and O–H groups in total. The molecule has 0 aliphatic carbocycles. The molecule has 0 fully saturated rings. The van der Waals surface area contributed by atoms with E-state index in [0.717, 1.165) is 25.8 Å². The molecule has 0 saturated heterocycles. The summed E-state index contributed by atoms with van der Waals surface area (Å²) in [4.78, 5) is 27.2. The Morgan fingerprint density at radius 3 is 2.48 bits per heavy atom. The lowest BCUT2D eigenvalue weighted by Gasteiger charge is -2.08. The Balaban J connectivity index is 1.46. The Morgan fingerprint density at radius 2 is 1.64 bits per heavy atom. The van der Waals surface area contributed by atoms with Gasteiger partial charge in [-0.3, -0.25) is 9.36 Å². The largest absolute Gasteiger partial charge is 0.328 e. The van der Waals surface area contributed by atoms with Crippen molar-refractivity contribution in [1.29, 1.82) is 0 Å². The third-order valence-corrected chi connectivity index (χ3v) is 4.31. The van der Waals surface area contributed by atoms with E-state index in [1.165, 1.54) is 10.1 Å². The third-order valence-electron chi connectivity index (χ3n) is 4.31. The summed E-state index contributed by atoms with van der Waals surface area (Å²) in [6.45, 7) is 1.86. The zero-order chi connectivity index (χ0) is 17.5. The fraction of sp³-hybridized carbons (Fsp3) is 0.300. The van der Waals surface area contributed by atoms with Gasteiger partial charge < -0.3 is 10.3 Å². The first kappa shape index (κ1) is 17.2. The fourth-order valence-corrected chi connectivity index (χ4v) is 2.94. The Bertz CT molecular complexity index is 929. The molecule has 2 aromatic carbocycles. The van der Waals surface area contributed by atoms with E-state index < -0.39 is 0 Å². The maximum absolute atomic E-state index is 12.4. The molecule has 1 heterocycles. The number of H-pyrrole nitrogens is 1. The summed E-state index contributed by atoms with van der Waals surface area (Å²) in [5, 5.41) is 3.86. The Labute approximate surface area is 146 Å². The van der Waals surface area contributed by atoms with E-state index >= 15 is 0 Å². The highest BCUT2D eigenvalue weighted by Crippen LogP contribution is 2.04. The van der Waals surface area contributed by atoms with Crippen LogP contribution in [-0.4, -0.2) is 22.6 Å². The van der Waals surface area contributed by atoms with Gasteiger partial charge in [-0.2, -0.15) is 0 Å². The SMILES string of the molecule is O=c1[nH]c2ccccc2c(=O)n1CCNCCCCc1ccccc1. The predicted octanol–water partition coefficient (Wildman–Crippen LogP) is 2.30. The summed E-state index contributed by atoms with van der Waals surface area (Å²) in [6.07, 6.45) is 3.26. The van der Waals surface area contributed by atoms with Crippen LogP contribution < -0.4 is 16.6 Å². The van der Waals surface area contributed by atoms with Crippen LogP contribution in [0.25, 0.3) is 10.9 Å². The van der Waals surface area contributed by atoms with Crippen molar-refractivity contribution in [2.75, 3.05) is 13.1 Å². The van der Waals surface area contributed by atoms with Crippen molar-refractivity contribution < 1.29 is 0 Å². The molecule has 3 rings (SSSR count). The standard InChI is InChI=1S/C20H23N3O2/c24-19-17-11-4-5-12-18(17)22-20(25)23(19)15-14-21-13-7-6-10-16-8-2-1-3-9-16/h1-5,8-9,11-12,21H,6-7,10,13-15H2,(H,22,25). The molecule has 0 amide bonds. The number of fused-ring (bicyclic) bond motifs is 1. The Morgan fingerprint density at radius 1 is 0.880 bits per heavy atom. The summed E-state index contributed by atoms with van der Waals surface area (Å²) < 4.78 is 1.26. The van der Waals surface area contributed by atoms with Gasteiger partial charge >= 0.3 is 5.69 Å². The van der Waals surface area contributed by atoms with Crippen LogP contribution in [0.3, 0.4) is 0 Å². The van der Waals surface area contributed by atoms with Crippen molar-refractivity contribution in [2.45, 2.75) is 25.8 Å². The van der Waals surface area contributed by atoms with E-state index in [4.69, 9.17) is 0 Å². The fourth-order valence-electron chi connectivity index (χ4n) is 2.94. The minimum absolute atomic E-state index is 0.231. The van der Waals surface area contributed by atoms with Gasteiger partial charge in [0.25, 0.3) is 5.56 Å². The Kier molecular flexibility index (Phi) is 5.80. The summed E-state index contributed by atoms with van der Waals surface area (Å²) in [6, 6.07) is 17.5. The lowest BCUT2D eigenvalue weighted by Crippen LogP contribution is -2.38. The molecule has 25 heavy (non-hydrogen) atoms. The summed E-state index contributed by atoms with van der Waals surface area (Å²) in [5.74, 6) is 0. The van der Waals surface area contributed by atoms with Crippen molar-refractivity contribution in [3.05, 3.63) is 81.0 Å². The van der Waals surface area contributed by atoms with Crippen molar-refractivity contribution in [2.24, 2.45) is 0 Å². The average molecular weight is 337 g/mol. The molecule has 0 radical (unpaired) electrons. The topological polar surface area (TPSA) is 66.9 Å². The molecule has 1 aromatic heterocycles. The molecule has 130 valence electrons. The number of aromatic nitrogens is 2. The van der Waals surface area contributed by atoms with E-state index in [9.17, 15) is 9.59 Å². The van der Waals surface area contributed by atoms with E-state index in [0.29, 0.717) is 24.0 Å². The number of aromatic amines is 1. The summed E-state index contributed by atoms with van der Waals surface area (Å²) in [7, 11) is 0. The molecule has 3 aromatic rings. The van der Waals surface area contributed by atoms with Gasteiger partial charge in [-0.1, -0.05) is 42.5 Å². The van der Waals surface area contributed by atoms with E-state index in [-0.39, 0.29) is 11.2 Å². The van der Waals surface area contributed by atoms with Gasteiger partial charge in [-0.25, -0.2) is 4.79 Å². The van der Waals surface area contributed by atoms with Gasteiger partial charge in [-0.05, 0) is 43.5 Å². The molecular formula is C20H23N3O2. The number of nitrogens with zero attached hydrogens (tertiary/aromatic N) is 1. The minimum Gasteiger partial charge on any atom is -0.315 e. The second-order valence-electron chi connectivity index (χ2n) is 6.13.